The Morgan fingerprint density at radius 1 is 0.361 bits per heavy atom. The highest BCUT2D eigenvalue weighted by molar-refractivity contribution is 7.47. The smallest absolute Gasteiger partial charge is 0.462 e. The Labute approximate surface area is 517 Å². The van der Waals surface area contributed by atoms with Gasteiger partial charge in [-0.1, -0.05) is 353 Å². The lowest BCUT2D eigenvalue weighted by molar-refractivity contribution is -0.870. The molecule has 494 valence electrons. The number of nitrogens with zero attached hydrogens (tertiary/aromatic N) is 1. The van der Waals surface area contributed by atoms with Crippen molar-refractivity contribution < 1.29 is 42.1 Å². The number of ether oxygens (including phenoxy) is 2. The van der Waals surface area contributed by atoms with Crippen molar-refractivity contribution in [1.29, 1.82) is 0 Å². The van der Waals surface area contributed by atoms with E-state index in [1.807, 2.05) is 21.1 Å². The first-order chi connectivity index (χ1) is 40.5. The molecule has 2 atom stereocenters. The average molecular weight is 1200 g/mol. The summed E-state index contributed by atoms with van der Waals surface area (Å²) in [5.74, 6) is -0.780. The number of quaternary nitrogens is 1. The number of phosphoric ester groups is 1. The summed E-state index contributed by atoms with van der Waals surface area (Å²) in [5, 5.41) is 0. The molecule has 0 saturated carbocycles. The fourth-order valence-corrected chi connectivity index (χ4v) is 12.1. The van der Waals surface area contributed by atoms with Crippen molar-refractivity contribution in [2.75, 3.05) is 47.5 Å². The highest BCUT2D eigenvalue weighted by atomic mass is 31.2. The normalized spacial score (nSPS) is 13.1. The van der Waals surface area contributed by atoms with Gasteiger partial charge in [0.05, 0.1) is 27.7 Å². The molecule has 0 aromatic heterocycles. The Balaban J connectivity index is 3.82. The molecule has 0 heterocycles. The average Bonchev–Trinajstić information content (AvgIpc) is 3.49. The second-order valence-corrected chi connectivity index (χ2v) is 28.1. The number of allylic oxidation sites excluding steroid dienone is 2. The number of carbonyl (C=O) groups excluding carboxylic acids is 2. The van der Waals surface area contributed by atoms with Crippen LogP contribution < -0.4 is 0 Å². The van der Waals surface area contributed by atoms with E-state index in [1.54, 1.807) is 0 Å². The van der Waals surface area contributed by atoms with Gasteiger partial charge in [-0.3, -0.25) is 18.6 Å². The molecule has 0 aliphatic carbocycles. The molecule has 1 N–H and O–H groups in total. The molecule has 83 heavy (non-hydrogen) atoms. The van der Waals surface area contributed by atoms with Crippen molar-refractivity contribution in [1.82, 2.24) is 0 Å². The summed E-state index contributed by atoms with van der Waals surface area (Å²) >= 11 is 0. The van der Waals surface area contributed by atoms with Crippen LogP contribution in [-0.2, 0) is 32.7 Å². The maximum absolute atomic E-state index is 12.8. The van der Waals surface area contributed by atoms with Gasteiger partial charge in [0.1, 0.15) is 19.8 Å². The van der Waals surface area contributed by atoms with Gasteiger partial charge in [-0.15, -0.1) is 0 Å². The number of rotatable bonds is 70. The van der Waals surface area contributed by atoms with Gasteiger partial charge in [0.15, 0.2) is 6.10 Å². The van der Waals surface area contributed by atoms with Crippen LogP contribution in [0.25, 0.3) is 0 Å². The van der Waals surface area contributed by atoms with Crippen LogP contribution >= 0.6 is 7.82 Å². The molecule has 2 unspecified atom stereocenters. The Kier molecular flexibility index (Phi) is 64.2. The summed E-state index contributed by atoms with van der Waals surface area (Å²) in [5.41, 5.74) is 0. The van der Waals surface area contributed by atoms with Crippen molar-refractivity contribution in [2.24, 2.45) is 0 Å². The van der Waals surface area contributed by atoms with Crippen LogP contribution in [0.2, 0.25) is 0 Å². The lowest BCUT2D eigenvalue weighted by Gasteiger charge is -2.24. The molecule has 9 nitrogen and oxygen atoms in total. The molecule has 0 aromatic carbocycles. The molecule has 0 aliphatic rings. The van der Waals surface area contributed by atoms with E-state index in [4.69, 9.17) is 18.5 Å². The Morgan fingerprint density at radius 2 is 0.614 bits per heavy atom. The number of carbonyl (C=O) groups is 2. The van der Waals surface area contributed by atoms with Crippen molar-refractivity contribution in [3.8, 4) is 0 Å². The largest absolute Gasteiger partial charge is 0.472 e. The van der Waals surface area contributed by atoms with Crippen molar-refractivity contribution in [3.05, 3.63) is 12.2 Å². The van der Waals surface area contributed by atoms with Crippen LogP contribution in [0.4, 0.5) is 0 Å². The monoisotopic (exact) mass is 1200 g/mol. The number of hydrogen-bond donors (Lipinski definition) is 1. The summed E-state index contributed by atoms with van der Waals surface area (Å²) in [6.45, 7) is 4.50. The molecule has 0 saturated heterocycles. The van der Waals surface area contributed by atoms with Crippen molar-refractivity contribution >= 4 is 19.8 Å². The third-order valence-electron chi connectivity index (χ3n) is 17.0. The highest BCUT2D eigenvalue weighted by Gasteiger charge is 2.27. The number of esters is 2. The molecule has 0 rings (SSSR count). The summed E-state index contributed by atoms with van der Waals surface area (Å²) in [4.78, 5) is 35.8. The van der Waals surface area contributed by atoms with E-state index in [0.717, 1.165) is 44.9 Å². The van der Waals surface area contributed by atoms with Gasteiger partial charge in [-0.2, -0.15) is 0 Å². The second kappa shape index (κ2) is 65.2. The van der Waals surface area contributed by atoms with Crippen molar-refractivity contribution in [3.63, 3.8) is 0 Å². The van der Waals surface area contributed by atoms with E-state index in [9.17, 15) is 19.0 Å². The standard InChI is InChI=1S/C73H144NO8P/c1-6-8-10-12-14-16-18-20-22-24-26-27-28-29-30-31-32-33-34-35-36-37-38-39-40-41-42-43-44-45-46-47-48-50-51-53-55-57-59-61-63-65-72(75)79-69-71(70-81-83(77,78)80-68-67-74(3,4)5)82-73(76)66-64-62-60-58-56-54-52-49-25-23-21-19-17-15-13-11-9-7-2/h23,25,71H,6-22,24,26-70H2,1-5H3/p+1/b25-23-. The molecule has 0 aliphatic heterocycles. The zero-order valence-electron chi connectivity index (χ0n) is 56.5. The molecule has 0 aromatic rings. The zero-order valence-corrected chi connectivity index (χ0v) is 57.4. The topological polar surface area (TPSA) is 108 Å². The molecular formula is C73H145NO8P+. The number of likely N-dealkylation sites (N-methyl/N-ethyl adjacent to an activating group) is 1. The molecule has 0 fully saturated rings. The Bertz CT molecular complexity index is 1400. The molecule has 0 radical (unpaired) electrons. The van der Waals surface area contributed by atoms with Gasteiger partial charge < -0.3 is 18.9 Å². The Hall–Kier alpha value is -1.25. The summed E-state index contributed by atoms with van der Waals surface area (Å²) < 4.78 is 34.7. The number of unbranched alkanes of at least 4 members (excludes halogenated alkanes) is 54. The summed E-state index contributed by atoms with van der Waals surface area (Å²) in [6, 6.07) is 0. The minimum Gasteiger partial charge on any atom is -0.462 e. The maximum Gasteiger partial charge on any atom is 0.472 e. The quantitative estimate of drug-likeness (QED) is 0.0211. The first-order valence-corrected chi connectivity index (χ1v) is 38.4. The van der Waals surface area contributed by atoms with Crippen LogP contribution in [-0.4, -0.2) is 74.9 Å². The molecule has 10 heteroatoms. The van der Waals surface area contributed by atoms with Crippen molar-refractivity contribution in [2.45, 2.75) is 399 Å². The molecule has 0 amide bonds. The molecule has 0 bridgehead atoms. The minimum absolute atomic E-state index is 0.0347. The Morgan fingerprint density at radius 3 is 0.892 bits per heavy atom. The van der Waals surface area contributed by atoms with Gasteiger partial charge in [0.2, 0.25) is 0 Å². The highest BCUT2D eigenvalue weighted by Crippen LogP contribution is 2.43. The van der Waals surface area contributed by atoms with Crippen LogP contribution in [0.3, 0.4) is 0 Å². The van der Waals surface area contributed by atoms with E-state index in [1.165, 1.54) is 315 Å². The summed E-state index contributed by atoms with van der Waals surface area (Å²) in [7, 11) is 1.50. The lowest BCUT2D eigenvalue weighted by Crippen LogP contribution is -2.37. The van der Waals surface area contributed by atoms with Crippen LogP contribution in [0.15, 0.2) is 12.2 Å². The van der Waals surface area contributed by atoms with E-state index in [0.29, 0.717) is 23.9 Å². The fourth-order valence-electron chi connectivity index (χ4n) is 11.4. The van der Waals surface area contributed by atoms with Gasteiger partial charge in [0.25, 0.3) is 0 Å². The zero-order chi connectivity index (χ0) is 60.5. The van der Waals surface area contributed by atoms with Gasteiger partial charge in [-0.25, -0.2) is 4.57 Å². The first kappa shape index (κ1) is 81.8. The third-order valence-corrected chi connectivity index (χ3v) is 18.0. The second-order valence-electron chi connectivity index (χ2n) is 26.7. The maximum atomic E-state index is 12.8. The predicted octanol–water partition coefficient (Wildman–Crippen LogP) is 23.9. The van der Waals surface area contributed by atoms with Crippen LogP contribution in [0, 0.1) is 0 Å². The number of hydrogen-bond acceptors (Lipinski definition) is 7. The van der Waals surface area contributed by atoms with E-state index in [-0.39, 0.29) is 25.6 Å². The SMILES string of the molecule is CCCCCCCCC/C=C\CCCCCCCCCC(=O)OC(COC(=O)CCCCCCCCCCCCCCCCCCCCCCCCCCCCCCCCCCCCCCCCCCC)COP(=O)(O)OCC[N+](C)(C)C. The predicted molar refractivity (Wildman–Crippen MR) is 358 cm³/mol. The van der Waals surface area contributed by atoms with Gasteiger partial charge in [0, 0.05) is 12.8 Å². The molecule has 0 spiro atoms. The summed E-state index contributed by atoms with van der Waals surface area (Å²) in [6.07, 6.45) is 80.8. The fraction of sp³-hybridized carbons (Fsp3) is 0.945. The van der Waals surface area contributed by atoms with Gasteiger partial charge in [-0.05, 0) is 38.5 Å². The number of phosphoric acid groups is 1. The van der Waals surface area contributed by atoms with Crippen LogP contribution in [0.5, 0.6) is 0 Å². The minimum atomic E-state index is -4.39. The van der Waals surface area contributed by atoms with E-state index < -0.39 is 26.5 Å². The van der Waals surface area contributed by atoms with E-state index in [2.05, 4.69) is 26.0 Å². The van der Waals surface area contributed by atoms with Gasteiger partial charge >= 0.3 is 19.8 Å². The molecular weight excluding hydrogens is 1050 g/mol. The lowest BCUT2D eigenvalue weighted by atomic mass is 10.0. The first-order valence-electron chi connectivity index (χ1n) is 36.9. The third kappa shape index (κ3) is 69.7. The van der Waals surface area contributed by atoms with Crippen LogP contribution in [0.1, 0.15) is 393 Å². The van der Waals surface area contributed by atoms with E-state index >= 15 is 0 Å².